The molecule has 0 spiro atoms. The van der Waals surface area contributed by atoms with Gasteiger partial charge >= 0.3 is 0 Å². The predicted octanol–water partition coefficient (Wildman–Crippen LogP) is 1.38. The molecule has 0 aromatic heterocycles. The van der Waals surface area contributed by atoms with Crippen LogP contribution < -0.4 is 10.6 Å². The van der Waals surface area contributed by atoms with Gasteiger partial charge in [-0.15, -0.1) is 0 Å². The van der Waals surface area contributed by atoms with Crippen LogP contribution in [0.1, 0.15) is 24.1 Å². The second-order valence-electron chi connectivity index (χ2n) is 4.36. The molecule has 0 aliphatic carbocycles. The molecule has 2 unspecified atom stereocenters. The third kappa shape index (κ3) is 1.23. The molecule has 3 rings (SSSR count). The van der Waals surface area contributed by atoms with Crippen LogP contribution in [-0.4, -0.2) is 17.8 Å². The van der Waals surface area contributed by atoms with Crippen LogP contribution >= 0.6 is 0 Å². The molecule has 0 bridgehead atoms. The predicted molar refractivity (Wildman–Crippen MR) is 62.6 cm³/mol. The summed E-state index contributed by atoms with van der Waals surface area (Å²) in [5.74, 6) is 0.835. The summed E-state index contributed by atoms with van der Waals surface area (Å²) >= 11 is 0. The number of rotatable bonds is 0. The number of carbonyl (C=O) groups is 1. The van der Waals surface area contributed by atoms with Crippen LogP contribution in [0, 0.1) is 6.92 Å². The van der Waals surface area contributed by atoms with E-state index in [1.165, 1.54) is 0 Å². The summed E-state index contributed by atoms with van der Waals surface area (Å²) in [6, 6.07) is 5.79. The minimum atomic E-state index is -0.241. The number of aryl methyl sites for hydroxylation is 1. The molecule has 0 saturated heterocycles. The Morgan fingerprint density at radius 3 is 2.94 bits per heavy atom. The summed E-state index contributed by atoms with van der Waals surface area (Å²) in [4.78, 5) is 16.3. The van der Waals surface area contributed by atoms with E-state index in [1.54, 1.807) is 0 Å². The summed E-state index contributed by atoms with van der Waals surface area (Å²) < 4.78 is 0. The van der Waals surface area contributed by atoms with Gasteiger partial charge < -0.3 is 10.6 Å². The Morgan fingerprint density at radius 1 is 1.31 bits per heavy atom. The SMILES string of the molecule is CC1=NC2c3ccc(C)cc3NC(=O)C2N1. The van der Waals surface area contributed by atoms with E-state index in [0.717, 1.165) is 22.6 Å². The van der Waals surface area contributed by atoms with Crippen molar-refractivity contribution in [2.75, 3.05) is 5.32 Å². The Bertz CT molecular complexity index is 507. The van der Waals surface area contributed by atoms with E-state index in [0.29, 0.717) is 0 Å². The fourth-order valence-electron chi connectivity index (χ4n) is 2.33. The molecule has 2 aliphatic heterocycles. The number of anilines is 1. The maximum Gasteiger partial charge on any atom is 0.249 e. The first kappa shape index (κ1) is 9.39. The molecule has 4 heteroatoms. The van der Waals surface area contributed by atoms with E-state index < -0.39 is 0 Å². The first-order valence-corrected chi connectivity index (χ1v) is 5.37. The van der Waals surface area contributed by atoms with Gasteiger partial charge in [-0.25, -0.2) is 0 Å². The zero-order valence-corrected chi connectivity index (χ0v) is 9.24. The number of nitrogens with zero attached hydrogens (tertiary/aromatic N) is 1. The summed E-state index contributed by atoms with van der Waals surface area (Å²) in [6.45, 7) is 3.90. The molecule has 2 N–H and O–H groups in total. The minimum absolute atomic E-state index is 0.00343. The second-order valence-corrected chi connectivity index (χ2v) is 4.36. The standard InChI is InChI=1S/C12H13N3O/c1-6-3-4-8-9(5-6)15-12(16)11-10(8)13-7(2)14-11/h3-5,10-11H,1-2H3,(H,13,14)(H,15,16). The topological polar surface area (TPSA) is 53.5 Å². The molecule has 0 radical (unpaired) electrons. The van der Waals surface area contributed by atoms with Crippen LogP contribution in [0.4, 0.5) is 5.69 Å². The average Bonchev–Trinajstić information content (AvgIpc) is 2.60. The fourth-order valence-corrected chi connectivity index (χ4v) is 2.33. The first-order chi connectivity index (χ1) is 7.65. The summed E-state index contributed by atoms with van der Waals surface area (Å²) in [6.07, 6.45) is 0. The fraction of sp³-hybridized carbons (Fsp3) is 0.333. The van der Waals surface area contributed by atoms with E-state index in [2.05, 4.69) is 21.7 Å². The number of nitrogens with one attached hydrogen (secondary N) is 2. The quantitative estimate of drug-likeness (QED) is 0.687. The molecular formula is C12H13N3O. The van der Waals surface area contributed by atoms with Crippen LogP contribution in [0.5, 0.6) is 0 Å². The van der Waals surface area contributed by atoms with Crippen molar-refractivity contribution in [3.05, 3.63) is 29.3 Å². The van der Waals surface area contributed by atoms with Crippen LogP contribution in [0.3, 0.4) is 0 Å². The van der Waals surface area contributed by atoms with Crippen molar-refractivity contribution in [3.63, 3.8) is 0 Å². The number of amides is 1. The Balaban J connectivity index is 2.13. The van der Waals surface area contributed by atoms with Gasteiger partial charge in [0.1, 0.15) is 12.1 Å². The zero-order chi connectivity index (χ0) is 11.3. The number of aliphatic imine (C=N–C) groups is 1. The molecule has 16 heavy (non-hydrogen) atoms. The highest BCUT2D eigenvalue weighted by molar-refractivity contribution is 6.03. The van der Waals surface area contributed by atoms with E-state index >= 15 is 0 Å². The number of hydrogen-bond donors (Lipinski definition) is 2. The van der Waals surface area contributed by atoms with Crippen molar-refractivity contribution in [2.24, 2.45) is 4.99 Å². The Hall–Kier alpha value is -1.84. The Morgan fingerprint density at radius 2 is 2.12 bits per heavy atom. The van der Waals surface area contributed by atoms with Crippen molar-refractivity contribution in [2.45, 2.75) is 25.9 Å². The smallest absolute Gasteiger partial charge is 0.249 e. The van der Waals surface area contributed by atoms with Gasteiger partial charge in [-0.3, -0.25) is 9.79 Å². The van der Waals surface area contributed by atoms with Gasteiger partial charge in [-0.2, -0.15) is 0 Å². The van der Waals surface area contributed by atoms with Crippen molar-refractivity contribution < 1.29 is 4.79 Å². The molecule has 1 amide bonds. The highest BCUT2D eigenvalue weighted by Gasteiger charge is 2.39. The summed E-state index contributed by atoms with van der Waals surface area (Å²) in [7, 11) is 0. The number of fused-ring (bicyclic) bond motifs is 3. The molecule has 1 aromatic carbocycles. The van der Waals surface area contributed by atoms with E-state index in [-0.39, 0.29) is 18.0 Å². The lowest BCUT2D eigenvalue weighted by atomic mass is 9.93. The van der Waals surface area contributed by atoms with Gasteiger partial charge in [0, 0.05) is 11.3 Å². The highest BCUT2D eigenvalue weighted by Crippen LogP contribution is 2.36. The largest absolute Gasteiger partial charge is 0.360 e. The third-order valence-corrected chi connectivity index (χ3v) is 3.08. The van der Waals surface area contributed by atoms with E-state index in [1.807, 2.05) is 26.0 Å². The van der Waals surface area contributed by atoms with E-state index in [4.69, 9.17) is 0 Å². The normalized spacial score (nSPS) is 26.4. The van der Waals surface area contributed by atoms with Gasteiger partial charge in [0.25, 0.3) is 0 Å². The molecule has 4 nitrogen and oxygen atoms in total. The lowest BCUT2D eigenvalue weighted by Crippen LogP contribution is -2.44. The highest BCUT2D eigenvalue weighted by atomic mass is 16.2. The van der Waals surface area contributed by atoms with Crippen molar-refractivity contribution in [3.8, 4) is 0 Å². The van der Waals surface area contributed by atoms with Crippen LogP contribution in [0.15, 0.2) is 23.2 Å². The zero-order valence-electron chi connectivity index (χ0n) is 9.24. The second kappa shape index (κ2) is 3.07. The van der Waals surface area contributed by atoms with Gasteiger partial charge in [0.15, 0.2) is 0 Å². The monoisotopic (exact) mass is 215 g/mol. The van der Waals surface area contributed by atoms with Gasteiger partial charge in [0.05, 0.1) is 5.84 Å². The molecule has 2 atom stereocenters. The van der Waals surface area contributed by atoms with Crippen molar-refractivity contribution >= 4 is 17.4 Å². The molecular weight excluding hydrogens is 202 g/mol. The van der Waals surface area contributed by atoms with Crippen molar-refractivity contribution in [1.29, 1.82) is 0 Å². The van der Waals surface area contributed by atoms with Gasteiger partial charge in [-0.1, -0.05) is 12.1 Å². The molecule has 82 valence electrons. The number of carbonyl (C=O) groups excluding carboxylic acids is 1. The maximum absolute atomic E-state index is 11.8. The van der Waals surface area contributed by atoms with Crippen molar-refractivity contribution in [1.82, 2.24) is 5.32 Å². The number of benzene rings is 1. The molecule has 1 aromatic rings. The van der Waals surface area contributed by atoms with Crippen LogP contribution in [-0.2, 0) is 4.79 Å². The number of amidine groups is 1. The summed E-state index contributed by atoms with van der Waals surface area (Å²) in [5, 5.41) is 6.02. The lowest BCUT2D eigenvalue weighted by Gasteiger charge is -2.26. The van der Waals surface area contributed by atoms with Crippen LogP contribution in [0.25, 0.3) is 0 Å². The number of hydrogen-bond acceptors (Lipinski definition) is 3. The van der Waals surface area contributed by atoms with Gasteiger partial charge in [0.2, 0.25) is 5.91 Å². The minimum Gasteiger partial charge on any atom is -0.360 e. The average molecular weight is 215 g/mol. The maximum atomic E-state index is 11.8. The Labute approximate surface area is 93.8 Å². The lowest BCUT2D eigenvalue weighted by molar-refractivity contribution is -0.118. The van der Waals surface area contributed by atoms with Crippen LogP contribution in [0.2, 0.25) is 0 Å². The third-order valence-electron chi connectivity index (χ3n) is 3.08. The molecule has 0 saturated carbocycles. The Kier molecular flexibility index (Phi) is 1.80. The van der Waals surface area contributed by atoms with Gasteiger partial charge in [-0.05, 0) is 25.5 Å². The molecule has 2 heterocycles. The molecule has 2 aliphatic rings. The molecule has 0 fully saturated rings. The first-order valence-electron chi connectivity index (χ1n) is 5.37. The summed E-state index contributed by atoms with van der Waals surface area (Å²) in [5.41, 5.74) is 3.13. The van der Waals surface area contributed by atoms with E-state index in [9.17, 15) is 4.79 Å².